The van der Waals surface area contributed by atoms with Crippen LogP contribution in [0.1, 0.15) is 0 Å². The Balaban J connectivity index is 2.11. The number of hydrazine groups is 1. The maximum absolute atomic E-state index is 11.4. The van der Waals surface area contributed by atoms with Crippen LogP contribution in [0, 0.1) is 0 Å². The molecule has 0 aromatic heterocycles. The number of carbonyl (C=O) groups is 1. The van der Waals surface area contributed by atoms with Crippen molar-refractivity contribution in [2.75, 3.05) is 11.2 Å². The molecule has 1 saturated heterocycles. The van der Waals surface area contributed by atoms with Crippen LogP contribution < -0.4 is 5.43 Å². The minimum Gasteiger partial charge on any atom is -0.290 e. The molecule has 78 valence electrons. The lowest BCUT2D eigenvalue weighted by Gasteiger charge is -2.17. The standard InChI is InChI=1S/C9H7ClN2OS2/c10-6-1-3-7(4-2-6)11-12-8(13)5-15-9(12)14/h1-4,11H,5H2. The lowest BCUT2D eigenvalue weighted by atomic mass is 10.3. The number of halogens is 1. The lowest BCUT2D eigenvalue weighted by molar-refractivity contribution is -0.123. The van der Waals surface area contributed by atoms with Crippen LogP contribution in [-0.4, -0.2) is 21.0 Å². The largest absolute Gasteiger partial charge is 0.290 e. The van der Waals surface area contributed by atoms with Gasteiger partial charge in [0.1, 0.15) is 0 Å². The SMILES string of the molecule is O=C1CSC(=S)N1Nc1ccc(Cl)cc1. The van der Waals surface area contributed by atoms with E-state index in [1.165, 1.54) is 16.8 Å². The molecule has 0 radical (unpaired) electrons. The number of thiocarbonyl (C=S) groups is 1. The molecule has 0 aliphatic carbocycles. The van der Waals surface area contributed by atoms with Gasteiger partial charge in [-0.25, -0.2) is 5.01 Å². The maximum Gasteiger partial charge on any atom is 0.257 e. The molecule has 1 aromatic rings. The van der Waals surface area contributed by atoms with Crippen LogP contribution in [0.15, 0.2) is 24.3 Å². The van der Waals surface area contributed by atoms with E-state index in [1.54, 1.807) is 24.3 Å². The molecular formula is C9H7ClN2OS2. The van der Waals surface area contributed by atoms with Gasteiger partial charge in [0.05, 0.1) is 11.4 Å². The second kappa shape index (κ2) is 4.38. The van der Waals surface area contributed by atoms with E-state index in [-0.39, 0.29) is 5.91 Å². The van der Waals surface area contributed by atoms with Crippen LogP contribution in [0.3, 0.4) is 0 Å². The van der Waals surface area contributed by atoms with Crippen molar-refractivity contribution in [3.63, 3.8) is 0 Å². The topological polar surface area (TPSA) is 32.3 Å². The Morgan fingerprint density at radius 1 is 1.40 bits per heavy atom. The predicted octanol–water partition coefficient (Wildman–Crippen LogP) is 2.53. The second-order valence-electron chi connectivity index (χ2n) is 2.90. The molecule has 1 aliphatic rings. The van der Waals surface area contributed by atoms with Crippen LogP contribution in [0.4, 0.5) is 5.69 Å². The summed E-state index contributed by atoms with van der Waals surface area (Å²) in [6.07, 6.45) is 0. The number of amides is 1. The first kappa shape index (κ1) is 10.7. The minimum atomic E-state index is -0.0278. The highest BCUT2D eigenvalue weighted by atomic mass is 35.5. The lowest BCUT2D eigenvalue weighted by Crippen LogP contribution is -2.34. The number of carbonyl (C=O) groups excluding carboxylic acids is 1. The third kappa shape index (κ3) is 2.42. The highest BCUT2D eigenvalue weighted by Crippen LogP contribution is 2.21. The van der Waals surface area contributed by atoms with Crippen LogP contribution >= 0.6 is 35.6 Å². The first-order valence-electron chi connectivity index (χ1n) is 4.19. The Morgan fingerprint density at radius 3 is 2.60 bits per heavy atom. The number of nitrogens with zero attached hydrogens (tertiary/aromatic N) is 1. The van der Waals surface area contributed by atoms with E-state index >= 15 is 0 Å². The zero-order valence-electron chi connectivity index (χ0n) is 7.57. The van der Waals surface area contributed by atoms with Crippen molar-refractivity contribution in [1.82, 2.24) is 5.01 Å². The fourth-order valence-electron chi connectivity index (χ4n) is 1.12. The average molecular weight is 259 g/mol. The molecule has 0 bridgehead atoms. The van der Waals surface area contributed by atoms with E-state index in [4.69, 9.17) is 23.8 Å². The van der Waals surface area contributed by atoms with E-state index in [2.05, 4.69) is 5.43 Å². The third-order valence-electron chi connectivity index (χ3n) is 1.84. The smallest absolute Gasteiger partial charge is 0.257 e. The molecule has 1 fully saturated rings. The second-order valence-corrected chi connectivity index (χ2v) is 4.95. The Morgan fingerprint density at radius 2 is 2.07 bits per heavy atom. The van der Waals surface area contributed by atoms with Crippen LogP contribution in [-0.2, 0) is 4.79 Å². The molecule has 1 N–H and O–H groups in total. The molecule has 0 atom stereocenters. The van der Waals surface area contributed by atoms with Gasteiger partial charge in [0.15, 0.2) is 4.32 Å². The van der Waals surface area contributed by atoms with Gasteiger partial charge in [-0.2, -0.15) is 0 Å². The van der Waals surface area contributed by atoms with Gasteiger partial charge in [-0.05, 0) is 24.3 Å². The van der Waals surface area contributed by atoms with Gasteiger partial charge in [0.2, 0.25) is 0 Å². The van der Waals surface area contributed by atoms with E-state index in [1.807, 2.05) is 0 Å². The fourth-order valence-corrected chi connectivity index (χ4v) is 2.22. The van der Waals surface area contributed by atoms with Gasteiger partial charge in [-0.1, -0.05) is 35.6 Å². The van der Waals surface area contributed by atoms with Gasteiger partial charge >= 0.3 is 0 Å². The van der Waals surface area contributed by atoms with Crippen molar-refractivity contribution >= 4 is 51.5 Å². The summed E-state index contributed by atoms with van der Waals surface area (Å²) >= 11 is 12.1. The van der Waals surface area contributed by atoms with Gasteiger partial charge in [-0.3, -0.25) is 10.2 Å². The average Bonchev–Trinajstić information content (AvgIpc) is 2.53. The molecule has 6 heteroatoms. The molecule has 0 saturated carbocycles. The van der Waals surface area contributed by atoms with E-state index in [0.29, 0.717) is 15.1 Å². The number of anilines is 1. The number of rotatable bonds is 2. The normalized spacial score (nSPS) is 15.9. The fraction of sp³-hybridized carbons (Fsp3) is 0.111. The monoisotopic (exact) mass is 258 g/mol. The Labute approximate surface area is 102 Å². The van der Waals surface area contributed by atoms with Gasteiger partial charge in [0.25, 0.3) is 5.91 Å². The number of hydrogen-bond acceptors (Lipinski definition) is 4. The molecule has 15 heavy (non-hydrogen) atoms. The van der Waals surface area contributed by atoms with Crippen molar-refractivity contribution in [1.29, 1.82) is 0 Å². The number of hydrogen-bond donors (Lipinski definition) is 1. The Kier molecular flexibility index (Phi) is 3.14. The van der Waals surface area contributed by atoms with Crippen LogP contribution in [0.2, 0.25) is 5.02 Å². The minimum absolute atomic E-state index is 0.0278. The summed E-state index contributed by atoms with van der Waals surface area (Å²) in [5.41, 5.74) is 3.72. The van der Waals surface area contributed by atoms with Crippen LogP contribution in [0.25, 0.3) is 0 Å². The summed E-state index contributed by atoms with van der Waals surface area (Å²) < 4.78 is 0.551. The summed E-state index contributed by atoms with van der Waals surface area (Å²) in [6, 6.07) is 7.09. The zero-order valence-corrected chi connectivity index (χ0v) is 9.96. The molecule has 1 aliphatic heterocycles. The van der Waals surface area contributed by atoms with Crippen molar-refractivity contribution in [3.8, 4) is 0 Å². The van der Waals surface area contributed by atoms with Crippen molar-refractivity contribution < 1.29 is 4.79 Å². The summed E-state index contributed by atoms with van der Waals surface area (Å²) in [4.78, 5) is 11.4. The molecule has 0 unspecified atom stereocenters. The highest BCUT2D eigenvalue weighted by molar-refractivity contribution is 8.23. The third-order valence-corrected chi connectivity index (χ3v) is 3.45. The first-order valence-corrected chi connectivity index (χ1v) is 5.96. The van der Waals surface area contributed by atoms with E-state index in [9.17, 15) is 4.79 Å². The molecule has 1 amide bonds. The number of benzene rings is 1. The Hall–Kier alpha value is -0.780. The Bertz CT molecular complexity index is 391. The highest BCUT2D eigenvalue weighted by Gasteiger charge is 2.26. The summed E-state index contributed by atoms with van der Waals surface area (Å²) in [7, 11) is 0. The molecule has 1 heterocycles. The van der Waals surface area contributed by atoms with E-state index < -0.39 is 0 Å². The van der Waals surface area contributed by atoms with Crippen molar-refractivity contribution in [2.45, 2.75) is 0 Å². The predicted molar refractivity (Wildman–Crippen MR) is 67.0 cm³/mol. The summed E-state index contributed by atoms with van der Waals surface area (Å²) in [5.74, 6) is 0.374. The zero-order chi connectivity index (χ0) is 10.8. The van der Waals surface area contributed by atoms with E-state index in [0.717, 1.165) is 5.69 Å². The molecule has 3 nitrogen and oxygen atoms in total. The number of nitrogens with one attached hydrogen (secondary N) is 1. The maximum atomic E-state index is 11.4. The van der Waals surface area contributed by atoms with Crippen molar-refractivity contribution in [3.05, 3.63) is 29.3 Å². The molecule has 2 rings (SSSR count). The van der Waals surface area contributed by atoms with Crippen molar-refractivity contribution in [2.24, 2.45) is 0 Å². The first-order chi connectivity index (χ1) is 7.16. The van der Waals surface area contributed by atoms with Crippen LogP contribution in [0.5, 0.6) is 0 Å². The molecule has 0 spiro atoms. The molecular weight excluding hydrogens is 252 g/mol. The summed E-state index contributed by atoms with van der Waals surface area (Å²) in [5, 5.41) is 2.04. The van der Waals surface area contributed by atoms with Gasteiger partial charge in [0, 0.05) is 5.02 Å². The molecule has 1 aromatic carbocycles. The number of thioether (sulfide) groups is 1. The summed E-state index contributed by atoms with van der Waals surface area (Å²) in [6.45, 7) is 0. The van der Waals surface area contributed by atoms with Gasteiger partial charge < -0.3 is 0 Å². The quantitative estimate of drug-likeness (QED) is 0.827. The van der Waals surface area contributed by atoms with Gasteiger partial charge in [-0.15, -0.1) is 0 Å².